The Bertz CT molecular complexity index is 559. The van der Waals surface area contributed by atoms with Gasteiger partial charge in [0.15, 0.2) is 10.2 Å². The van der Waals surface area contributed by atoms with Crippen LogP contribution in [0.5, 0.6) is 0 Å². The zero-order valence-electron chi connectivity index (χ0n) is 14.9. The van der Waals surface area contributed by atoms with E-state index in [-0.39, 0.29) is 0 Å². The first-order chi connectivity index (χ1) is 12.0. The molecule has 0 amide bonds. The van der Waals surface area contributed by atoms with Crippen LogP contribution in [0.4, 0.5) is 5.69 Å². The van der Waals surface area contributed by atoms with E-state index in [1.165, 1.54) is 10.5 Å². The molecule has 5 N–H and O–H groups in total. The van der Waals surface area contributed by atoms with Crippen LogP contribution in [0.3, 0.4) is 0 Å². The molecule has 25 heavy (non-hydrogen) atoms. The molecule has 1 aliphatic heterocycles. The maximum absolute atomic E-state index is 5.35. The number of ether oxygens (including phenoxy) is 1. The molecule has 0 unspecified atom stereocenters. The van der Waals surface area contributed by atoms with E-state index in [1.54, 1.807) is 0 Å². The molecule has 0 radical (unpaired) electrons. The first-order valence-corrected chi connectivity index (χ1v) is 9.48. The van der Waals surface area contributed by atoms with Crippen LogP contribution < -0.4 is 26.4 Å². The highest BCUT2D eigenvalue weighted by molar-refractivity contribution is 7.80. The van der Waals surface area contributed by atoms with E-state index in [2.05, 4.69) is 47.5 Å². The Hall–Kier alpha value is -1.48. The Kier molecular flexibility index (Phi) is 8.33. The molecule has 1 heterocycles. The molecule has 6 nitrogen and oxygen atoms in total. The molecule has 1 saturated heterocycles. The van der Waals surface area contributed by atoms with Crippen LogP contribution in [0.2, 0.25) is 0 Å². The van der Waals surface area contributed by atoms with Gasteiger partial charge < -0.3 is 20.3 Å². The lowest BCUT2D eigenvalue weighted by molar-refractivity contribution is -0.906. The average molecular weight is 383 g/mol. The lowest BCUT2D eigenvalue weighted by Crippen LogP contribution is -3.14. The molecule has 0 atom stereocenters. The number of quaternary nitrogens is 1. The first kappa shape index (κ1) is 19.8. The van der Waals surface area contributed by atoms with Crippen molar-refractivity contribution >= 4 is 40.3 Å². The zero-order chi connectivity index (χ0) is 18.1. The fourth-order valence-electron chi connectivity index (χ4n) is 2.53. The third kappa shape index (κ3) is 7.52. The molecule has 0 bridgehead atoms. The minimum Gasteiger partial charge on any atom is -0.370 e. The predicted octanol–water partition coefficient (Wildman–Crippen LogP) is 0.391. The van der Waals surface area contributed by atoms with Crippen molar-refractivity contribution in [3.05, 3.63) is 29.8 Å². The van der Waals surface area contributed by atoms with Crippen LogP contribution in [0, 0.1) is 0 Å². The van der Waals surface area contributed by atoms with Gasteiger partial charge in [0.2, 0.25) is 0 Å². The van der Waals surface area contributed by atoms with Crippen molar-refractivity contribution in [3.63, 3.8) is 0 Å². The van der Waals surface area contributed by atoms with Crippen molar-refractivity contribution in [1.29, 1.82) is 0 Å². The van der Waals surface area contributed by atoms with Gasteiger partial charge in [-0.2, -0.15) is 0 Å². The highest BCUT2D eigenvalue weighted by atomic mass is 32.1. The third-order valence-corrected chi connectivity index (χ3v) is 4.54. The number of nitrogens with one attached hydrogen (secondary N) is 5. The number of hydrogen-bond acceptors (Lipinski definition) is 3. The summed E-state index contributed by atoms with van der Waals surface area (Å²) in [6.07, 6.45) is 0. The van der Waals surface area contributed by atoms with Crippen LogP contribution in [-0.2, 0) is 4.74 Å². The van der Waals surface area contributed by atoms with E-state index in [9.17, 15) is 0 Å². The SMILES string of the molecule is CC(C)c1ccc(NC(=S)NNC(=S)NCC[NH+]2CCOCC2)cc1. The Morgan fingerprint density at radius 3 is 2.36 bits per heavy atom. The van der Waals surface area contributed by atoms with Gasteiger partial charge in [0.05, 0.1) is 26.3 Å². The summed E-state index contributed by atoms with van der Waals surface area (Å²) in [6, 6.07) is 8.24. The van der Waals surface area contributed by atoms with E-state index in [0.29, 0.717) is 16.1 Å². The molecule has 0 saturated carbocycles. The fraction of sp³-hybridized carbons (Fsp3) is 0.529. The van der Waals surface area contributed by atoms with E-state index in [0.717, 1.165) is 45.1 Å². The molecule has 1 aliphatic rings. The van der Waals surface area contributed by atoms with Gasteiger partial charge >= 0.3 is 0 Å². The molecule has 138 valence electrons. The molecule has 2 rings (SSSR count). The molecule has 8 heteroatoms. The van der Waals surface area contributed by atoms with Crippen LogP contribution in [0.1, 0.15) is 25.3 Å². The summed E-state index contributed by atoms with van der Waals surface area (Å²) in [5.41, 5.74) is 8.04. The Labute approximate surface area is 160 Å². The van der Waals surface area contributed by atoms with Gasteiger partial charge in [-0.15, -0.1) is 0 Å². The number of hydrazine groups is 1. The minimum absolute atomic E-state index is 0.472. The van der Waals surface area contributed by atoms with Gasteiger partial charge in [-0.3, -0.25) is 10.9 Å². The third-order valence-electron chi connectivity index (χ3n) is 4.09. The molecule has 1 aromatic carbocycles. The van der Waals surface area contributed by atoms with Crippen LogP contribution >= 0.6 is 24.4 Å². The van der Waals surface area contributed by atoms with Crippen LogP contribution in [0.25, 0.3) is 0 Å². The van der Waals surface area contributed by atoms with Crippen LogP contribution in [-0.4, -0.2) is 49.6 Å². The number of thiocarbonyl (C=S) groups is 2. The maximum Gasteiger partial charge on any atom is 0.189 e. The van der Waals surface area contributed by atoms with Gasteiger partial charge in [0, 0.05) is 5.69 Å². The maximum atomic E-state index is 5.35. The molecular weight excluding hydrogens is 354 g/mol. The van der Waals surface area contributed by atoms with Gasteiger partial charge in [-0.25, -0.2) is 0 Å². The van der Waals surface area contributed by atoms with Crippen molar-refractivity contribution in [2.45, 2.75) is 19.8 Å². The molecular formula is C17H28N5OS2+. The number of morpholine rings is 1. The second-order valence-electron chi connectivity index (χ2n) is 6.35. The summed E-state index contributed by atoms with van der Waals surface area (Å²) in [6.45, 7) is 10.00. The van der Waals surface area contributed by atoms with Crippen molar-refractivity contribution in [2.24, 2.45) is 0 Å². The number of hydrogen-bond donors (Lipinski definition) is 5. The summed E-state index contributed by atoms with van der Waals surface area (Å²) in [5.74, 6) is 0.517. The lowest BCUT2D eigenvalue weighted by Gasteiger charge is -2.24. The molecule has 0 spiro atoms. The number of anilines is 1. The summed E-state index contributed by atoms with van der Waals surface area (Å²) in [5, 5.41) is 7.31. The summed E-state index contributed by atoms with van der Waals surface area (Å²) in [7, 11) is 0. The molecule has 0 aliphatic carbocycles. The number of rotatable bonds is 5. The van der Waals surface area contributed by atoms with E-state index in [4.69, 9.17) is 29.2 Å². The quantitative estimate of drug-likeness (QED) is 0.373. The topological polar surface area (TPSA) is 61.8 Å². The second-order valence-corrected chi connectivity index (χ2v) is 7.17. The van der Waals surface area contributed by atoms with Gasteiger partial charge in [0.25, 0.3) is 0 Å². The van der Waals surface area contributed by atoms with E-state index in [1.807, 2.05) is 12.1 Å². The average Bonchev–Trinajstić information content (AvgIpc) is 2.61. The van der Waals surface area contributed by atoms with E-state index >= 15 is 0 Å². The Morgan fingerprint density at radius 2 is 1.72 bits per heavy atom. The van der Waals surface area contributed by atoms with Crippen molar-refractivity contribution in [1.82, 2.24) is 16.2 Å². The van der Waals surface area contributed by atoms with Crippen molar-refractivity contribution < 1.29 is 9.64 Å². The fourth-order valence-corrected chi connectivity index (χ4v) is 2.86. The Morgan fingerprint density at radius 1 is 1.08 bits per heavy atom. The molecule has 1 aromatic rings. The van der Waals surface area contributed by atoms with Crippen molar-refractivity contribution in [2.75, 3.05) is 44.7 Å². The molecule has 0 aromatic heterocycles. The monoisotopic (exact) mass is 382 g/mol. The van der Waals surface area contributed by atoms with Gasteiger partial charge in [-0.1, -0.05) is 26.0 Å². The minimum atomic E-state index is 0.472. The summed E-state index contributed by atoms with van der Waals surface area (Å²) >= 11 is 10.5. The largest absolute Gasteiger partial charge is 0.370 e. The highest BCUT2D eigenvalue weighted by Crippen LogP contribution is 2.16. The number of benzene rings is 1. The standard InChI is InChI=1S/C17H27N5OS2/c1-13(2)14-3-5-15(6-4-14)19-17(25)21-20-16(24)18-7-8-22-9-11-23-12-10-22/h3-6,13H,7-12H2,1-2H3,(H2,18,20,24)(H2,19,21,25)/p+1. The Balaban J connectivity index is 1.61. The van der Waals surface area contributed by atoms with Crippen molar-refractivity contribution in [3.8, 4) is 0 Å². The molecule has 1 fully saturated rings. The highest BCUT2D eigenvalue weighted by Gasteiger charge is 2.12. The summed E-state index contributed by atoms with van der Waals surface area (Å²) < 4.78 is 5.35. The van der Waals surface area contributed by atoms with Gasteiger partial charge in [-0.05, 0) is 48.0 Å². The predicted molar refractivity (Wildman–Crippen MR) is 110 cm³/mol. The second kappa shape index (κ2) is 10.5. The normalized spacial score (nSPS) is 14.8. The summed E-state index contributed by atoms with van der Waals surface area (Å²) in [4.78, 5) is 1.54. The van der Waals surface area contributed by atoms with Crippen LogP contribution in [0.15, 0.2) is 24.3 Å². The smallest absolute Gasteiger partial charge is 0.189 e. The van der Waals surface area contributed by atoms with Gasteiger partial charge in [0.1, 0.15) is 13.1 Å². The lowest BCUT2D eigenvalue weighted by atomic mass is 10.0. The van der Waals surface area contributed by atoms with E-state index < -0.39 is 0 Å². The first-order valence-electron chi connectivity index (χ1n) is 8.66. The zero-order valence-corrected chi connectivity index (χ0v) is 16.5.